The minimum Gasteiger partial charge on any atom is -0.356 e. The van der Waals surface area contributed by atoms with Gasteiger partial charge in [-0.15, -0.1) is 10.2 Å². The van der Waals surface area contributed by atoms with Gasteiger partial charge >= 0.3 is 0 Å². The summed E-state index contributed by atoms with van der Waals surface area (Å²) in [4.78, 5) is 10.5. The summed E-state index contributed by atoms with van der Waals surface area (Å²) < 4.78 is 0. The van der Waals surface area contributed by atoms with E-state index in [1.165, 1.54) is 17.4 Å². The van der Waals surface area contributed by atoms with Crippen LogP contribution in [-0.4, -0.2) is 15.1 Å². The third-order valence-corrected chi connectivity index (χ3v) is 3.57. The van der Waals surface area contributed by atoms with Crippen LogP contribution in [0.1, 0.15) is 24.4 Å². The molecule has 7 heteroatoms. The van der Waals surface area contributed by atoms with Gasteiger partial charge < -0.3 is 5.32 Å². The zero-order valence-corrected chi connectivity index (χ0v) is 12.2. The van der Waals surface area contributed by atoms with E-state index < -0.39 is 0 Å². The first-order valence-corrected chi connectivity index (χ1v) is 7.16. The SMILES string of the molecule is CC(C)Cc1nnc(NCc2ccccc2[N+](=O)[O-])s1. The topological polar surface area (TPSA) is 81.0 Å². The summed E-state index contributed by atoms with van der Waals surface area (Å²) in [6.45, 7) is 4.62. The third-order valence-electron chi connectivity index (χ3n) is 2.67. The maximum atomic E-state index is 10.9. The van der Waals surface area contributed by atoms with Crippen LogP contribution in [-0.2, 0) is 13.0 Å². The van der Waals surface area contributed by atoms with E-state index in [2.05, 4.69) is 29.4 Å². The van der Waals surface area contributed by atoms with Crippen molar-refractivity contribution in [3.05, 3.63) is 45.0 Å². The molecule has 0 saturated carbocycles. The molecule has 2 rings (SSSR count). The summed E-state index contributed by atoms with van der Waals surface area (Å²) in [5.74, 6) is 0.533. The summed E-state index contributed by atoms with van der Waals surface area (Å²) in [6, 6.07) is 6.68. The van der Waals surface area contributed by atoms with Gasteiger partial charge in [-0.05, 0) is 5.92 Å². The molecule has 0 spiro atoms. The zero-order chi connectivity index (χ0) is 14.5. The van der Waals surface area contributed by atoms with E-state index in [-0.39, 0.29) is 10.6 Å². The van der Waals surface area contributed by atoms with Crippen LogP contribution < -0.4 is 5.32 Å². The van der Waals surface area contributed by atoms with Crippen molar-refractivity contribution < 1.29 is 4.92 Å². The molecule has 106 valence electrons. The highest BCUT2D eigenvalue weighted by Crippen LogP contribution is 2.22. The largest absolute Gasteiger partial charge is 0.356 e. The molecule has 1 heterocycles. The Morgan fingerprint density at radius 3 is 2.80 bits per heavy atom. The Bertz CT molecular complexity index is 598. The number of aromatic nitrogens is 2. The summed E-state index contributed by atoms with van der Waals surface area (Å²) >= 11 is 1.49. The number of hydrogen-bond acceptors (Lipinski definition) is 6. The van der Waals surface area contributed by atoms with Crippen LogP contribution in [0.3, 0.4) is 0 Å². The summed E-state index contributed by atoms with van der Waals surface area (Å²) in [7, 11) is 0. The second-order valence-corrected chi connectivity index (χ2v) is 5.90. The zero-order valence-electron chi connectivity index (χ0n) is 11.4. The van der Waals surface area contributed by atoms with Crippen LogP contribution in [0.4, 0.5) is 10.8 Å². The Morgan fingerprint density at radius 1 is 1.35 bits per heavy atom. The lowest BCUT2D eigenvalue weighted by molar-refractivity contribution is -0.385. The fourth-order valence-electron chi connectivity index (χ4n) is 1.77. The van der Waals surface area contributed by atoms with Gasteiger partial charge in [0.15, 0.2) is 0 Å². The molecule has 20 heavy (non-hydrogen) atoms. The molecule has 0 radical (unpaired) electrons. The minimum absolute atomic E-state index is 0.118. The number of benzene rings is 1. The van der Waals surface area contributed by atoms with Crippen molar-refractivity contribution in [1.82, 2.24) is 10.2 Å². The molecule has 0 aliphatic heterocycles. The molecule has 0 aliphatic carbocycles. The molecule has 1 aromatic heterocycles. The van der Waals surface area contributed by atoms with Crippen molar-refractivity contribution >= 4 is 22.2 Å². The molecule has 1 aromatic carbocycles. The van der Waals surface area contributed by atoms with Crippen molar-refractivity contribution in [2.75, 3.05) is 5.32 Å². The number of anilines is 1. The number of nitro benzene ring substituents is 1. The standard InChI is InChI=1S/C13H16N4O2S/c1-9(2)7-12-15-16-13(20-12)14-8-10-5-3-4-6-11(10)17(18)19/h3-6,9H,7-8H2,1-2H3,(H,14,16). The third kappa shape index (κ3) is 3.74. The minimum atomic E-state index is -0.374. The molecule has 0 aliphatic rings. The molecular weight excluding hydrogens is 276 g/mol. The predicted molar refractivity (Wildman–Crippen MR) is 78.9 cm³/mol. The fraction of sp³-hybridized carbons (Fsp3) is 0.385. The van der Waals surface area contributed by atoms with Crippen LogP contribution in [0.2, 0.25) is 0 Å². The average Bonchev–Trinajstić information content (AvgIpc) is 2.83. The molecule has 0 amide bonds. The molecule has 2 aromatic rings. The van der Waals surface area contributed by atoms with Gasteiger partial charge in [-0.2, -0.15) is 0 Å². The van der Waals surface area contributed by atoms with E-state index in [4.69, 9.17) is 0 Å². The Hall–Kier alpha value is -2.02. The molecule has 0 atom stereocenters. The van der Waals surface area contributed by atoms with E-state index in [0.29, 0.717) is 23.2 Å². The predicted octanol–water partition coefficient (Wildman–Crippen LogP) is 3.26. The van der Waals surface area contributed by atoms with Gasteiger partial charge in [0.2, 0.25) is 5.13 Å². The van der Waals surface area contributed by atoms with Crippen molar-refractivity contribution in [3.8, 4) is 0 Å². The Morgan fingerprint density at radius 2 is 2.10 bits per heavy atom. The molecule has 0 bridgehead atoms. The molecule has 0 saturated heterocycles. The maximum absolute atomic E-state index is 10.9. The van der Waals surface area contributed by atoms with Gasteiger partial charge in [-0.3, -0.25) is 10.1 Å². The number of nitrogens with one attached hydrogen (secondary N) is 1. The first kappa shape index (κ1) is 14.4. The highest BCUT2D eigenvalue weighted by atomic mass is 32.1. The maximum Gasteiger partial charge on any atom is 0.274 e. The second-order valence-electron chi connectivity index (χ2n) is 4.84. The first-order chi connectivity index (χ1) is 9.56. The Balaban J connectivity index is 2.02. The number of nitrogens with zero attached hydrogens (tertiary/aromatic N) is 3. The van der Waals surface area contributed by atoms with Crippen LogP contribution in [0.5, 0.6) is 0 Å². The number of hydrogen-bond donors (Lipinski definition) is 1. The highest BCUT2D eigenvalue weighted by Gasteiger charge is 2.13. The van der Waals surface area contributed by atoms with Gasteiger partial charge in [0.25, 0.3) is 5.69 Å². The monoisotopic (exact) mass is 292 g/mol. The normalized spacial score (nSPS) is 10.8. The summed E-state index contributed by atoms with van der Waals surface area (Å²) in [5.41, 5.74) is 0.755. The van der Waals surface area contributed by atoms with E-state index in [0.717, 1.165) is 11.4 Å². The van der Waals surface area contributed by atoms with Crippen LogP contribution in [0.15, 0.2) is 24.3 Å². The van der Waals surface area contributed by atoms with Crippen molar-refractivity contribution in [2.24, 2.45) is 5.92 Å². The number of para-hydroxylation sites is 1. The van der Waals surface area contributed by atoms with E-state index in [9.17, 15) is 10.1 Å². The first-order valence-electron chi connectivity index (χ1n) is 6.35. The lowest BCUT2D eigenvalue weighted by atomic mass is 10.1. The number of nitro groups is 1. The van der Waals surface area contributed by atoms with E-state index in [1.54, 1.807) is 18.2 Å². The van der Waals surface area contributed by atoms with Gasteiger partial charge in [0.05, 0.1) is 4.92 Å². The average molecular weight is 292 g/mol. The van der Waals surface area contributed by atoms with Crippen LogP contribution in [0.25, 0.3) is 0 Å². The quantitative estimate of drug-likeness (QED) is 0.653. The summed E-state index contributed by atoms with van der Waals surface area (Å²) in [5, 5.41) is 23.8. The van der Waals surface area contributed by atoms with Gasteiger partial charge in [0, 0.05) is 24.6 Å². The second kappa shape index (κ2) is 6.42. The molecule has 1 N–H and O–H groups in total. The lowest BCUT2D eigenvalue weighted by Crippen LogP contribution is -2.02. The molecule has 0 fully saturated rings. The smallest absolute Gasteiger partial charge is 0.274 e. The van der Waals surface area contributed by atoms with Gasteiger partial charge in [-0.25, -0.2) is 0 Å². The molecule has 0 unspecified atom stereocenters. The highest BCUT2D eigenvalue weighted by molar-refractivity contribution is 7.15. The van der Waals surface area contributed by atoms with Crippen molar-refractivity contribution in [1.29, 1.82) is 0 Å². The molecular formula is C13H16N4O2S. The lowest BCUT2D eigenvalue weighted by Gasteiger charge is -2.03. The fourth-order valence-corrected chi connectivity index (χ4v) is 2.71. The van der Waals surface area contributed by atoms with Gasteiger partial charge in [0.1, 0.15) is 5.01 Å². The van der Waals surface area contributed by atoms with Crippen molar-refractivity contribution in [2.45, 2.75) is 26.8 Å². The number of rotatable bonds is 6. The van der Waals surface area contributed by atoms with E-state index >= 15 is 0 Å². The summed E-state index contributed by atoms with van der Waals surface area (Å²) in [6.07, 6.45) is 0.894. The Kier molecular flexibility index (Phi) is 4.62. The van der Waals surface area contributed by atoms with E-state index in [1.807, 2.05) is 0 Å². The van der Waals surface area contributed by atoms with Crippen LogP contribution >= 0.6 is 11.3 Å². The van der Waals surface area contributed by atoms with Gasteiger partial charge in [-0.1, -0.05) is 43.4 Å². The Labute approximate surface area is 121 Å². The van der Waals surface area contributed by atoms with Crippen molar-refractivity contribution in [3.63, 3.8) is 0 Å². The molecule has 6 nitrogen and oxygen atoms in total. The van der Waals surface area contributed by atoms with Crippen LogP contribution in [0, 0.1) is 16.0 Å².